The van der Waals surface area contributed by atoms with E-state index in [-0.39, 0.29) is 0 Å². The van der Waals surface area contributed by atoms with Crippen LogP contribution in [0.5, 0.6) is 0 Å². The average Bonchev–Trinajstić information content (AvgIpc) is 3.18. The number of anilines is 2. The lowest BCUT2D eigenvalue weighted by Gasteiger charge is -2.31. The molecule has 0 unspecified atom stereocenters. The summed E-state index contributed by atoms with van der Waals surface area (Å²) in [6, 6.07) is 5.55. The van der Waals surface area contributed by atoms with Gasteiger partial charge in [-0.3, -0.25) is 4.99 Å². The number of nitrogens with one attached hydrogen (secondary N) is 1. The van der Waals surface area contributed by atoms with Crippen molar-refractivity contribution in [2.75, 3.05) is 49.1 Å². The molecule has 0 amide bonds. The molecule has 0 spiro atoms. The van der Waals surface area contributed by atoms with E-state index >= 15 is 0 Å². The van der Waals surface area contributed by atoms with E-state index in [1.807, 2.05) is 30.5 Å². The zero-order chi connectivity index (χ0) is 18.4. The molecule has 138 valence electrons. The van der Waals surface area contributed by atoms with Crippen LogP contribution in [0.3, 0.4) is 0 Å². The van der Waals surface area contributed by atoms with E-state index in [1.165, 1.54) is 0 Å². The van der Waals surface area contributed by atoms with Crippen molar-refractivity contribution in [1.29, 1.82) is 0 Å². The van der Waals surface area contributed by atoms with Crippen LogP contribution in [-0.4, -0.2) is 55.1 Å². The van der Waals surface area contributed by atoms with E-state index in [0.717, 1.165) is 73.6 Å². The topological polar surface area (TPSA) is 56.7 Å². The van der Waals surface area contributed by atoms with Crippen LogP contribution >= 0.6 is 23.2 Å². The summed E-state index contributed by atoms with van der Waals surface area (Å²) in [5.41, 5.74) is 2.69. The van der Waals surface area contributed by atoms with Gasteiger partial charge in [0.15, 0.2) is 0 Å². The number of hydrogen-bond acceptors (Lipinski definition) is 6. The molecule has 0 aliphatic carbocycles. The Morgan fingerprint density at radius 1 is 1.04 bits per heavy atom. The van der Waals surface area contributed by atoms with Crippen LogP contribution in [0.15, 0.2) is 29.4 Å². The highest BCUT2D eigenvalue weighted by molar-refractivity contribution is 6.44. The van der Waals surface area contributed by atoms with Gasteiger partial charge in [-0.05, 0) is 18.2 Å². The first-order valence-electron chi connectivity index (χ1n) is 9.03. The number of benzene rings is 1. The van der Waals surface area contributed by atoms with Crippen molar-refractivity contribution in [1.82, 2.24) is 15.3 Å². The molecule has 5 rings (SSSR count). The first-order valence-corrected chi connectivity index (χ1v) is 9.79. The number of halogens is 2. The van der Waals surface area contributed by atoms with Gasteiger partial charge in [-0.15, -0.1) is 0 Å². The van der Waals surface area contributed by atoms with Gasteiger partial charge in [0.25, 0.3) is 0 Å². The van der Waals surface area contributed by atoms with E-state index in [0.29, 0.717) is 10.0 Å². The number of fused-ring (bicyclic) bond motifs is 3. The second-order valence-electron chi connectivity index (χ2n) is 6.70. The Bertz CT molecular complexity index is 944. The van der Waals surface area contributed by atoms with Crippen molar-refractivity contribution >= 4 is 52.5 Å². The molecule has 3 aliphatic rings. The second kappa shape index (κ2) is 6.78. The van der Waals surface area contributed by atoms with Crippen LogP contribution in [0.2, 0.25) is 10.0 Å². The molecule has 1 saturated heterocycles. The fourth-order valence-corrected chi connectivity index (χ4v) is 4.35. The molecule has 1 fully saturated rings. The number of amidine groups is 1. The minimum absolute atomic E-state index is 0.616. The summed E-state index contributed by atoms with van der Waals surface area (Å²) >= 11 is 12.9. The SMILES string of the molecule is Clc1cccc(Cl)c1C1=Cc2cnc(N3CCNCC3)nc2N2CCN=C12. The zero-order valence-corrected chi connectivity index (χ0v) is 16.1. The largest absolute Gasteiger partial charge is 0.338 e. The van der Waals surface area contributed by atoms with Crippen molar-refractivity contribution in [2.45, 2.75) is 0 Å². The molecule has 0 bridgehead atoms. The Kier molecular flexibility index (Phi) is 4.27. The molecule has 6 nitrogen and oxygen atoms in total. The van der Waals surface area contributed by atoms with Crippen LogP contribution in [0, 0.1) is 0 Å². The van der Waals surface area contributed by atoms with E-state index in [9.17, 15) is 0 Å². The highest BCUT2D eigenvalue weighted by Gasteiger charge is 2.32. The van der Waals surface area contributed by atoms with Crippen molar-refractivity contribution in [3.8, 4) is 0 Å². The van der Waals surface area contributed by atoms with E-state index in [2.05, 4.69) is 20.1 Å². The van der Waals surface area contributed by atoms with E-state index in [1.54, 1.807) is 0 Å². The molecule has 0 radical (unpaired) electrons. The van der Waals surface area contributed by atoms with Crippen molar-refractivity contribution < 1.29 is 0 Å². The molecular weight excluding hydrogens is 383 g/mol. The van der Waals surface area contributed by atoms with Gasteiger partial charge < -0.3 is 15.1 Å². The van der Waals surface area contributed by atoms with Gasteiger partial charge >= 0.3 is 0 Å². The molecule has 8 heteroatoms. The first-order chi connectivity index (χ1) is 13.2. The third-order valence-electron chi connectivity index (χ3n) is 5.05. The highest BCUT2D eigenvalue weighted by atomic mass is 35.5. The molecule has 0 atom stereocenters. The van der Waals surface area contributed by atoms with Gasteiger partial charge in [0.1, 0.15) is 11.7 Å². The third-order valence-corrected chi connectivity index (χ3v) is 5.68. The third kappa shape index (κ3) is 2.88. The van der Waals surface area contributed by atoms with Crippen LogP contribution in [0.4, 0.5) is 11.8 Å². The van der Waals surface area contributed by atoms with Crippen molar-refractivity contribution in [2.24, 2.45) is 4.99 Å². The Morgan fingerprint density at radius 2 is 1.81 bits per heavy atom. The number of aromatic nitrogens is 2. The molecule has 1 aromatic heterocycles. The maximum atomic E-state index is 6.46. The summed E-state index contributed by atoms with van der Waals surface area (Å²) in [6.45, 7) is 5.24. The van der Waals surface area contributed by atoms with E-state index < -0.39 is 0 Å². The minimum atomic E-state index is 0.616. The Labute approximate surface area is 167 Å². The Balaban J connectivity index is 1.62. The zero-order valence-electron chi connectivity index (χ0n) is 14.6. The summed E-state index contributed by atoms with van der Waals surface area (Å²) in [5, 5.41) is 4.59. The predicted octanol–water partition coefficient (Wildman–Crippen LogP) is 2.97. The summed E-state index contributed by atoms with van der Waals surface area (Å²) in [5.74, 6) is 2.55. The fourth-order valence-electron chi connectivity index (χ4n) is 3.75. The standard InChI is InChI=1S/C19H18Cl2N6/c20-14-2-1-3-15(21)16(14)13-10-12-11-24-19(26-7-4-22-5-8-26)25-17(12)27-9-6-23-18(13)27/h1-3,10-11,22H,4-9H2. The number of rotatable bonds is 2. The van der Waals surface area contributed by atoms with E-state index in [4.69, 9.17) is 33.2 Å². The smallest absolute Gasteiger partial charge is 0.227 e. The lowest BCUT2D eigenvalue weighted by Crippen LogP contribution is -2.44. The van der Waals surface area contributed by atoms with Gasteiger partial charge in [0.2, 0.25) is 5.95 Å². The lowest BCUT2D eigenvalue weighted by atomic mass is 9.98. The average molecular weight is 401 g/mol. The maximum Gasteiger partial charge on any atom is 0.227 e. The summed E-state index contributed by atoms with van der Waals surface area (Å²) < 4.78 is 0. The van der Waals surface area contributed by atoms with Crippen molar-refractivity contribution in [3.05, 3.63) is 45.6 Å². The normalized spacial score (nSPS) is 18.7. The molecular formula is C19H18Cl2N6. The van der Waals surface area contributed by atoms with Gasteiger partial charge in [0, 0.05) is 55.6 Å². The molecule has 3 aliphatic heterocycles. The monoisotopic (exact) mass is 400 g/mol. The quantitative estimate of drug-likeness (QED) is 0.839. The second-order valence-corrected chi connectivity index (χ2v) is 7.51. The molecule has 2 aromatic rings. The lowest BCUT2D eigenvalue weighted by molar-refractivity contribution is 0.580. The molecule has 27 heavy (non-hydrogen) atoms. The molecule has 1 N–H and O–H groups in total. The van der Waals surface area contributed by atoms with Gasteiger partial charge in [0.05, 0.1) is 16.6 Å². The van der Waals surface area contributed by atoms with Gasteiger partial charge in [-0.25, -0.2) is 4.98 Å². The van der Waals surface area contributed by atoms with Crippen LogP contribution in [0.25, 0.3) is 11.6 Å². The number of hydrogen-bond donors (Lipinski definition) is 1. The van der Waals surface area contributed by atoms with Crippen molar-refractivity contribution in [3.63, 3.8) is 0 Å². The predicted molar refractivity (Wildman–Crippen MR) is 111 cm³/mol. The minimum Gasteiger partial charge on any atom is -0.338 e. The summed E-state index contributed by atoms with van der Waals surface area (Å²) in [6.07, 6.45) is 3.93. The summed E-state index contributed by atoms with van der Waals surface area (Å²) in [7, 11) is 0. The fraction of sp³-hybridized carbons (Fsp3) is 0.316. The number of piperazine rings is 1. The summed E-state index contributed by atoms with van der Waals surface area (Å²) in [4.78, 5) is 18.6. The molecule has 0 saturated carbocycles. The number of nitrogens with zero attached hydrogens (tertiary/aromatic N) is 5. The van der Waals surface area contributed by atoms with Gasteiger partial charge in [-0.2, -0.15) is 4.98 Å². The molecule has 1 aromatic carbocycles. The number of aliphatic imine (C=N–C) groups is 1. The Hall–Kier alpha value is -2.15. The van der Waals surface area contributed by atoms with Gasteiger partial charge in [-0.1, -0.05) is 29.3 Å². The molecule has 4 heterocycles. The van der Waals surface area contributed by atoms with Crippen LogP contribution in [-0.2, 0) is 0 Å². The van der Waals surface area contributed by atoms with Crippen LogP contribution < -0.4 is 15.1 Å². The highest BCUT2D eigenvalue weighted by Crippen LogP contribution is 2.40. The van der Waals surface area contributed by atoms with Crippen LogP contribution in [0.1, 0.15) is 11.1 Å². The maximum absolute atomic E-state index is 6.46. The first kappa shape index (κ1) is 17.0. The Morgan fingerprint density at radius 3 is 2.59 bits per heavy atom.